The van der Waals surface area contributed by atoms with Gasteiger partial charge in [0.25, 0.3) is 0 Å². The number of hydrogen-bond donors (Lipinski definition) is 1. The summed E-state index contributed by atoms with van der Waals surface area (Å²) in [5.74, 6) is 0.104. The molecule has 3 heterocycles. The number of nitrogens with one attached hydrogen (secondary N) is 1. The third kappa shape index (κ3) is 2.12. The van der Waals surface area contributed by atoms with Gasteiger partial charge in [-0.05, 0) is 32.1 Å². The van der Waals surface area contributed by atoms with Crippen molar-refractivity contribution < 1.29 is 14.3 Å². The van der Waals surface area contributed by atoms with E-state index in [0.29, 0.717) is 12.5 Å². The first-order valence-corrected chi connectivity index (χ1v) is 7.93. The molecule has 112 valence electrons. The molecule has 5 heteroatoms. The topological polar surface area (TPSA) is 58.6 Å². The number of hydrogen-bond acceptors (Lipinski definition) is 3. The maximum absolute atomic E-state index is 12.7. The van der Waals surface area contributed by atoms with Gasteiger partial charge in [0.15, 0.2) is 0 Å². The second-order valence-electron chi connectivity index (χ2n) is 6.20. The highest BCUT2D eigenvalue weighted by atomic mass is 16.5. The van der Waals surface area contributed by atoms with E-state index in [1.54, 1.807) is 0 Å². The van der Waals surface area contributed by atoms with E-state index in [0.717, 1.165) is 32.1 Å². The number of carbonyl (C=O) groups is 2. The molecule has 0 aromatic rings. The molecule has 0 spiro atoms. The molecule has 3 rings (SSSR count). The molecule has 3 aliphatic rings. The highest BCUT2D eigenvalue weighted by Crippen LogP contribution is 2.39. The zero-order chi connectivity index (χ0) is 14.3. The molecule has 2 bridgehead atoms. The largest absolute Gasteiger partial charge is 0.373 e. The summed E-state index contributed by atoms with van der Waals surface area (Å²) in [7, 11) is 0. The third-order valence-electron chi connectivity index (χ3n) is 4.90. The monoisotopic (exact) mass is 280 g/mol. The van der Waals surface area contributed by atoms with E-state index in [9.17, 15) is 9.59 Å². The smallest absolute Gasteiger partial charge is 0.246 e. The number of carbonyl (C=O) groups excluding carboxylic acids is 2. The van der Waals surface area contributed by atoms with Gasteiger partial charge in [-0.25, -0.2) is 0 Å². The van der Waals surface area contributed by atoms with Crippen molar-refractivity contribution in [2.24, 2.45) is 0 Å². The Hall–Kier alpha value is -1.10. The maximum Gasteiger partial charge on any atom is 0.246 e. The first-order valence-electron chi connectivity index (χ1n) is 7.93. The Morgan fingerprint density at radius 3 is 2.65 bits per heavy atom. The first kappa shape index (κ1) is 13.9. The van der Waals surface area contributed by atoms with Gasteiger partial charge in [0.05, 0.1) is 18.2 Å². The third-order valence-corrected chi connectivity index (χ3v) is 4.90. The summed E-state index contributed by atoms with van der Waals surface area (Å²) in [6.45, 7) is 4.01. The van der Waals surface area contributed by atoms with Crippen molar-refractivity contribution in [3.05, 3.63) is 0 Å². The molecule has 5 atom stereocenters. The molecule has 0 aromatic carbocycles. The van der Waals surface area contributed by atoms with Gasteiger partial charge in [0, 0.05) is 0 Å². The molecule has 0 aromatic heterocycles. The van der Waals surface area contributed by atoms with Gasteiger partial charge >= 0.3 is 0 Å². The van der Waals surface area contributed by atoms with Crippen LogP contribution in [0.2, 0.25) is 0 Å². The Bertz CT molecular complexity index is 412. The van der Waals surface area contributed by atoms with Gasteiger partial charge in [0.2, 0.25) is 11.8 Å². The van der Waals surface area contributed by atoms with Crippen LogP contribution in [0.4, 0.5) is 0 Å². The van der Waals surface area contributed by atoms with E-state index in [-0.39, 0.29) is 36.0 Å². The number of piperazine rings is 1. The van der Waals surface area contributed by atoms with Gasteiger partial charge in [0.1, 0.15) is 12.1 Å². The molecular weight excluding hydrogens is 256 g/mol. The van der Waals surface area contributed by atoms with Crippen LogP contribution < -0.4 is 5.32 Å². The van der Waals surface area contributed by atoms with Crippen LogP contribution in [0.1, 0.15) is 52.4 Å². The summed E-state index contributed by atoms with van der Waals surface area (Å²) in [4.78, 5) is 26.9. The number of amides is 2. The van der Waals surface area contributed by atoms with Gasteiger partial charge in [-0.3, -0.25) is 9.59 Å². The lowest BCUT2D eigenvalue weighted by molar-refractivity contribution is -0.153. The van der Waals surface area contributed by atoms with Gasteiger partial charge in [-0.1, -0.05) is 20.3 Å². The lowest BCUT2D eigenvalue weighted by Crippen LogP contribution is -2.66. The Morgan fingerprint density at radius 1 is 1.30 bits per heavy atom. The molecule has 20 heavy (non-hydrogen) atoms. The average molecular weight is 280 g/mol. The fraction of sp³-hybridized carbons (Fsp3) is 0.867. The molecule has 0 aliphatic carbocycles. The summed E-state index contributed by atoms with van der Waals surface area (Å²) in [6, 6.07) is -0.547. The quantitative estimate of drug-likeness (QED) is 0.842. The van der Waals surface area contributed by atoms with Gasteiger partial charge in [-0.2, -0.15) is 0 Å². The minimum absolute atomic E-state index is 0.00771. The molecule has 3 saturated heterocycles. The van der Waals surface area contributed by atoms with E-state index in [1.807, 2.05) is 18.7 Å². The SMILES string of the molecule is CCCC1NC(=O)C(CC)N(C2CC3CCC2O3)C1=O. The van der Waals surface area contributed by atoms with Crippen LogP contribution in [0, 0.1) is 0 Å². The second-order valence-corrected chi connectivity index (χ2v) is 6.20. The van der Waals surface area contributed by atoms with E-state index in [4.69, 9.17) is 4.74 Å². The number of nitrogens with zero attached hydrogens (tertiary/aromatic N) is 1. The molecule has 5 unspecified atom stereocenters. The highest BCUT2D eigenvalue weighted by Gasteiger charge is 2.50. The van der Waals surface area contributed by atoms with Crippen LogP contribution >= 0.6 is 0 Å². The fourth-order valence-corrected chi connectivity index (χ4v) is 3.95. The van der Waals surface area contributed by atoms with Crippen molar-refractivity contribution in [3.8, 4) is 0 Å². The summed E-state index contributed by atoms with van der Waals surface area (Å²) >= 11 is 0. The molecule has 2 amide bonds. The molecule has 5 nitrogen and oxygen atoms in total. The number of fused-ring (bicyclic) bond motifs is 2. The Kier molecular flexibility index (Phi) is 3.71. The van der Waals surface area contributed by atoms with Crippen LogP contribution in [-0.2, 0) is 14.3 Å². The first-order chi connectivity index (χ1) is 9.65. The van der Waals surface area contributed by atoms with Gasteiger partial charge in [-0.15, -0.1) is 0 Å². The van der Waals surface area contributed by atoms with E-state index in [1.165, 1.54) is 0 Å². The molecular formula is C15H24N2O3. The molecule has 1 N–H and O–H groups in total. The van der Waals surface area contributed by atoms with Crippen LogP contribution in [0.25, 0.3) is 0 Å². The van der Waals surface area contributed by atoms with Crippen LogP contribution in [0.5, 0.6) is 0 Å². The molecule has 3 aliphatic heterocycles. The normalized spacial score (nSPS) is 40.3. The predicted molar refractivity (Wildman–Crippen MR) is 74.1 cm³/mol. The lowest BCUT2D eigenvalue weighted by atomic mass is 9.90. The van der Waals surface area contributed by atoms with Crippen molar-refractivity contribution in [2.75, 3.05) is 0 Å². The van der Waals surface area contributed by atoms with Crippen molar-refractivity contribution >= 4 is 11.8 Å². The van der Waals surface area contributed by atoms with E-state index < -0.39 is 0 Å². The van der Waals surface area contributed by atoms with Crippen molar-refractivity contribution in [1.29, 1.82) is 0 Å². The fourth-order valence-electron chi connectivity index (χ4n) is 3.95. The van der Waals surface area contributed by atoms with Crippen LogP contribution in [0.15, 0.2) is 0 Å². The summed E-state index contributed by atoms with van der Waals surface area (Å²) in [5.41, 5.74) is 0. The lowest BCUT2D eigenvalue weighted by Gasteiger charge is -2.43. The Balaban J connectivity index is 1.83. The van der Waals surface area contributed by atoms with E-state index in [2.05, 4.69) is 5.32 Å². The minimum atomic E-state index is -0.338. The average Bonchev–Trinajstić information content (AvgIpc) is 3.04. The highest BCUT2D eigenvalue weighted by molar-refractivity contribution is 5.97. The second kappa shape index (κ2) is 5.35. The standard InChI is InChI=1S/C15H24N2O3/c1-3-5-10-15(19)17(11(4-2)14(18)16-10)12-8-9-6-7-13(12)20-9/h9-13H,3-8H2,1-2H3,(H,16,18). The summed E-state index contributed by atoms with van der Waals surface area (Å²) in [5, 5.41) is 2.89. The van der Waals surface area contributed by atoms with Crippen LogP contribution in [-0.4, -0.2) is 47.0 Å². The zero-order valence-corrected chi connectivity index (χ0v) is 12.3. The Labute approximate surface area is 120 Å². The molecule has 0 radical (unpaired) electrons. The van der Waals surface area contributed by atoms with E-state index >= 15 is 0 Å². The van der Waals surface area contributed by atoms with Gasteiger partial charge < -0.3 is 15.0 Å². The summed E-state index contributed by atoms with van der Waals surface area (Å²) < 4.78 is 5.88. The molecule has 3 fully saturated rings. The minimum Gasteiger partial charge on any atom is -0.373 e. The predicted octanol–water partition coefficient (Wildman–Crippen LogP) is 1.21. The number of rotatable bonds is 4. The van der Waals surface area contributed by atoms with Crippen molar-refractivity contribution in [2.45, 2.75) is 82.7 Å². The zero-order valence-electron chi connectivity index (χ0n) is 12.3. The van der Waals surface area contributed by atoms with Crippen molar-refractivity contribution in [1.82, 2.24) is 10.2 Å². The summed E-state index contributed by atoms with van der Waals surface area (Å²) in [6.07, 6.45) is 5.76. The number of ether oxygens (including phenoxy) is 1. The van der Waals surface area contributed by atoms with Crippen molar-refractivity contribution in [3.63, 3.8) is 0 Å². The van der Waals surface area contributed by atoms with Crippen LogP contribution in [0.3, 0.4) is 0 Å². The molecule has 0 saturated carbocycles. The maximum atomic E-state index is 12.7. The Morgan fingerprint density at radius 2 is 2.10 bits per heavy atom.